The highest BCUT2D eigenvalue weighted by molar-refractivity contribution is 5.76. The smallest absolute Gasteiger partial charge is 0.222 e. The van der Waals surface area contributed by atoms with E-state index in [0.717, 1.165) is 70.0 Å². The lowest BCUT2D eigenvalue weighted by Crippen LogP contribution is -2.49. The van der Waals surface area contributed by atoms with Gasteiger partial charge in [0.15, 0.2) is 5.65 Å². The molecule has 1 amide bonds. The third-order valence-electron chi connectivity index (χ3n) is 5.89. The van der Waals surface area contributed by atoms with Gasteiger partial charge in [-0.25, -0.2) is 9.97 Å². The van der Waals surface area contributed by atoms with Gasteiger partial charge in [-0.1, -0.05) is 6.92 Å². The predicted molar refractivity (Wildman–Crippen MR) is 106 cm³/mol. The van der Waals surface area contributed by atoms with Gasteiger partial charge in [-0.3, -0.25) is 9.78 Å². The fourth-order valence-electron chi connectivity index (χ4n) is 4.08. The molecule has 0 bridgehead atoms. The summed E-state index contributed by atoms with van der Waals surface area (Å²) in [7, 11) is 0. The van der Waals surface area contributed by atoms with Crippen LogP contribution in [0.3, 0.4) is 0 Å². The second-order valence-electron chi connectivity index (χ2n) is 7.52. The Kier molecular flexibility index (Phi) is 5.48. The van der Waals surface area contributed by atoms with Gasteiger partial charge in [-0.05, 0) is 37.4 Å². The van der Waals surface area contributed by atoms with E-state index < -0.39 is 0 Å². The molecule has 2 aliphatic heterocycles. The van der Waals surface area contributed by atoms with Crippen molar-refractivity contribution in [2.45, 2.75) is 26.2 Å². The van der Waals surface area contributed by atoms with Gasteiger partial charge in [-0.2, -0.15) is 0 Å². The molecule has 27 heavy (non-hydrogen) atoms. The number of nitrogens with zero attached hydrogens (tertiary/aromatic N) is 6. The highest BCUT2D eigenvalue weighted by atomic mass is 16.2. The summed E-state index contributed by atoms with van der Waals surface area (Å²) in [6.07, 6.45) is 6.14. The van der Waals surface area contributed by atoms with Crippen LogP contribution < -0.4 is 4.90 Å². The molecule has 4 rings (SSSR count). The molecule has 2 fully saturated rings. The summed E-state index contributed by atoms with van der Waals surface area (Å²) in [5, 5.41) is 0. The lowest BCUT2D eigenvalue weighted by atomic mass is 9.93. The monoisotopic (exact) mass is 368 g/mol. The van der Waals surface area contributed by atoms with E-state index in [4.69, 9.17) is 0 Å². The summed E-state index contributed by atoms with van der Waals surface area (Å²) in [6.45, 7) is 8.94. The first kappa shape index (κ1) is 18.1. The van der Waals surface area contributed by atoms with E-state index in [0.29, 0.717) is 23.9 Å². The molecule has 4 heterocycles. The van der Waals surface area contributed by atoms with Crippen LogP contribution in [0.5, 0.6) is 0 Å². The molecular formula is C20H28N6O. The number of carbonyl (C=O) groups is 1. The Morgan fingerprint density at radius 2 is 1.78 bits per heavy atom. The molecule has 2 aromatic heterocycles. The van der Waals surface area contributed by atoms with E-state index in [9.17, 15) is 4.79 Å². The van der Waals surface area contributed by atoms with Gasteiger partial charge in [-0.15, -0.1) is 0 Å². The fraction of sp³-hybridized carbons (Fsp3) is 0.600. The number of hydrogen-bond donors (Lipinski definition) is 0. The van der Waals surface area contributed by atoms with E-state index >= 15 is 0 Å². The number of hydrogen-bond acceptors (Lipinski definition) is 6. The van der Waals surface area contributed by atoms with Gasteiger partial charge in [0, 0.05) is 58.1 Å². The Morgan fingerprint density at radius 1 is 1.04 bits per heavy atom. The van der Waals surface area contributed by atoms with Gasteiger partial charge in [0.2, 0.25) is 5.91 Å². The molecule has 0 aromatic carbocycles. The first-order valence-electron chi connectivity index (χ1n) is 10.1. The average Bonchev–Trinajstić information content (AvgIpc) is 2.74. The van der Waals surface area contributed by atoms with E-state index in [1.807, 2.05) is 12.1 Å². The van der Waals surface area contributed by atoms with Crippen LogP contribution in [0, 0.1) is 5.92 Å². The molecule has 0 N–H and O–H groups in total. The van der Waals surface area contributed by atoms with Crippen LogP contribution >= 0.6 is 0 Å². The second-order valence-corrected chi connectivity index (χ2v) is 7.52. The summed E-state index contributed by atoms with van der Waals surface area (Å²) < 4.78 is 0. The zero-order chi connectivity index (χ0) is 18.6. The van der Waals surface area contributed by atoms with Crippen molar-refractivity contribution in [2.24, 2.45) is 5.92 Å². The van der Waals surface area contributed by atoms with Crippen molar-refractivity contribution < 1.29 is 4.79 Å². The molecule has 0 saturated carbocycles. The molecule has 2 saturated heterocycles. The standard InChI is InChI=1S/C20H28N6O/c1-2-24-11-13-26(14-12-24)19(27)15-16-5-9-25(10-6-16)18-4-3-17-20(23-18)22-8-7-21-17/h3-4,7-8,16H,2,5-6,9-15H2,1H3. The molecule has 0 unspecified atom stereocenters. The van der Waals surface area contributed by atoms with Crippen LogP contribution in [0.4, 0.5) is 5.82 Å². The third kappa shape index (κ3) is 4.18. The molecule has 0 aliphatic carbocycles. The second kappa shape index (κ2) is 8.17. The van der Waals surface area contributed by atoms with E-state index in [1.165, 1.54) is 0 Å². The molecule has 2 aliphatic rings. The topological polar surface area (TPSA) is 65.5 Å². The summed E-state index contributed by atoms with van der Waals surface area (Å²) in [5.41, 5.74) is 1.52. The quantitative estimate of drug-likeness (QED) is 0.820. The maximum Gasteiger partial charge on any atom is 0.222 e. The molecule has 0 radical (unpaired) electrons. The van der Waals surface area contributed by atoms with E-state index in [1.54, 1.807) is 12.4 Å². The molecule has 7 heteroatoms. The van der Waals surface area contributed by atoms with Gasteiger partial charge >= 0.3 is 0 Å². The Morgan fingerprint density at radius 3 is 2.52 bits per heavy atom. The highest BCUT2D eigenvalue weighted by Crippen LogP contribution is 2.25. The van der Waals surface area contributed by atoms with Crippen molar-refractivity contribution in [1.82, 2.24) is 24.8 Å². The number of anilines is 1. The molecule has 7 nitrogen and oxygen atoms in total. The van der Waals surface area contributed by atoms with E-state index in [-0.39, 0.29) is 0 Å². The van der Waals surface area contributed by atoms with Crippen molar-refractivity contribution >= 4 is 22.9 Å². The fourth-order valence-corrected chi connectivity index (χ4v) is 4.08. The van der Waals surface area contributed by atoms with Gasteiger partial charge in [0.05, 0.1) is 0 Å². The first-order chi connectivity index (χ1) is 13.2. The minimum Gasteiger partial charge on any atom is -0.357 e. The van der Waals surface area contributed by atoms with E-state index in [2.05, 4.69) is 36.6 Å². The normalized spacial score (nSPS) is 19.6. The van der Waals surface area contributed by atoms with Crippen molar-refractivity contribution in [2.75, 3.05) is 50.7 Å². The van der Waals surface area contributed by atoms with Crippen LogP contribution in [0.15, 0.2) is 24.5 Å². The Bertz CT molecular complexity index is 781. The summed E-state index contributed by atoms with van der Waals surface area (Å²) in [6, 6.07) is 4.01. The maximum absolute atomic E-state index is 12.6. The number of piperazine rings is 1. The largest absolute Gasteiger partial charge is 0.357 e. The summed E-state index contributed by atoms with van der Waals surface area (Å²) in [4.78, 5) is 32.6. The van der Waals surface area contributed by atoms with Gasteiger partial charge in [0.25, 0.3) is 0 Å². The summed E-state index contributed by atoms with van der Waals surface area (Å²) >= 11 is 0. The minimum atomic E-state index is 0.336. The zero-order valence-corrected chi connectivity index (χ0v) is 16.0. The highest BCUT2D eigenvalue weighted by Gasteiger charge is 2.26. The average molecular weight is 368 g/mol. The van der Waals surface area contributed by atoms with Gasteiger partial charge in [0.1, 0.15) is 11.3 Å². The van der Waals surface area contributed by atoms with Crippen molar-refractivity contribution in [3.63, 3.8) is 0 Å². The van der Waals surface area contributed by atoms with Gasteiger partial charge < -0.3 is 14.7 Å². The Labute approximate surface area is 160 Å². The number of likely N-dealkylation sites (N-methyl/N-ethyl adjacent to an activating group) is 1. The zero-order valence-electron chi connectivity index (χ0n) is 16.0. The number of aromatic nitrogens is 3. The third-order valence-corrected chi connectivity index (χ3v) is 5.89. The maximum atomic E-state index is 12.6. The molecule has 2 aromatic rings. The van der Waals surface area contributed by atoms with Crippen LogP contribution in [-0.4, -0.2) is 76.5 Å². The SMILES string of the molecule is CCN1CCN(C(=O)CC2CCN(c3ccc4nccnc4n3)CC2)CC1. The Balaban J connectivity index is 1.29. The number of amides is 1. The number of pyridine rings is 1. The van der Waals surface area contributed by atoms with Crippen molar-refractivity contribution in [3.05, 3.63) is 24.5 Å². The molecular weight excluding hydrogens is 340 g/mol. The lowest BCUT2D eigenvalue weighted by Gasteiger charge is -2.36. The minimum absolute atomic E-state index is 0.336. The number of carbonyl (C=O) groups excluding carboxylic acids is 1. The first-order valence-corrected chi connectivity index (χ1v) is 10.1. The lowest BCUT2D eigenvalue weighted by molar-refractivity contribution is -0.134. The Hall–Kier alpha value is -2.28. The molecule has 0 spiro atoms. The van der Waals surface area contributed by atoms with Crippen LogP contribution in [0.1, 0.15) is 26.2 Å². The van der Waals surface area contributed by atoms with Crippen molar-refractivity contribution in [1.29, 1.82) is 0 Å². The van der Waals surface area contributed by atoms with Crippen LogP contribution in [-0.2, 0) is 4.79 Å². The van der Waals surface area contributed by atoms with Crippen LogP contribution in [0.2, 0.25) is 0 Å². The van der Waals surface area contributed by atoms with Crippen molar-refractivity contribution in [3.8, 4) is 0 Å². The van der Waals surface area contributed by atoms with Crippen LogP contribution in [0.25, 0.3) is 11.2 Å². The number of rotatable bonds is 4. The number of piperidine rings is 1. The number of fused-ring (bicyclic) bond motifs is 1. The summed E-state index contributed by atoms with van der Waals surface area (Å²) in [5.74, 6) is 1.78. The predicted octanol–water partition coefficient (Wildman–Crippen LogP) is 1.80. The molecule has 144 valence electrons. The molecule has 0 atom stereocenters.